The van der Waals surface area contributed by atoms with Crippen LogP contribution in [-0.2, 0) is 6.42 Å². The number of rotatable bonds is 5. The quantitative estimate of drug-likeness (QED) is 0.787. The molecule has 0 aliphatic carbocycles. The van der Waals surface area contributed by atoms with Crippen LogP contribution in [0.25, 0.3) is 5.57 Å². The lowest BCUT2D eigenvalue weighted by Gasteiger charge is -2.15. The summed E-state index contributed by atoms with van der Waals surface area (Å²) >= 11 is 0. The molecule has 5 heteroatoms. The van der Waals surface area contributed by atoms with Crippen molar-refractivity contribution in [2.24, 2.45) is 0 Å². The van der Waals surface area contributed by atoms with Crippen molar-refractivity contribution in [3.63, 3.8) is 0 Å². The van der Waals surface area contributed by atoms with Crippen LogP contribution in [0.4, 0.5) is 11.8 Å². The van der Waals surface area contributed by atoms with Gasteiger partial charge in [0.15, 0.2) is 0 Å². The van der Waals surface area contributed by atoms with Gasteiger partial charge in [-0.05, 0) is 30.5 Å². The second-order valence-electron chi connectivity index (χ2n) is 5.34. The van der Waals surface area contributed by atoms with Gasteiger partial charge in [-0.1, -0.05) is 36.4 Å². The van der Waals surface area contributed by atoms with Crippen molar-refractivity contribution in [2.45, 2.75) is 12.8 Å². The van der Waals surface area contributed by atoms with E-state index in [2.05, 4.69) is 50.9 Å². The Kier molecular flexibility index (Phi) is 4.65. The second-order valence-corrected chi connectivity index (χ2v) is 5.34. The molecule has 1 aliphatic heterocycles. The summed E-state index contributed by atoms with van der Waals surface area (Å²) in [7, 11) is 0. The van der Waals surface area contributed by atoms with Crippen molar-refractivity contribution in [1.82, 2.24) is 15.3 Å². The number of nitrogens with one attached hydrogen (secondary N) is 2. The molecule has 0 bridgehead atoms. The predicted molar refractivity (Wildman–Crippen MR) is 90.5 cm³/mol. The summed E-state index contributed by atoms with van der Waals surface area (Å²) in [6.45, 7) is 2.68. The van der Waals surface area contributed by atoms with Gasteiger partial charge in [0, 0.05) is 19.2 Å². The van der Waals surface area contributed by atoms with Crippen LogP contribution in [0.2, 0.25) is 0 Å². The summed E-state index contributed by atoms with van der Waals surface area (Å²) in [5.74, 6) is 1.11. The van der Waals surface area contributed by atoms with Gasteiger partial charge < -0.3 is 16.4 Å². The number of aromatic nitrogens is 2. The van der Waals surface area contributed by atoms with Crippen LogP contribution in [0.3, 0.4) is 0 Å². The Balaban J connectivity index is 1.66. The molecule has 0 radical (unpaired) electrons. The fraction of sp³-hybridized carbons (Fsp3) is 0.294. The van der Waals surface area contributed by atoms with Gasteiger partial charge >= 0.3 is 0 Å². The molecule has 0 unspecified atom stereocenters. The number of hydrogen-bond acceptors (Lipinski definition) is 5. The summed E-state index contributed by atoms with van der Waals surface area (Å²) in [4.78, 5) is 8.63. The van der Waals surface area contributed by atoms with E-state index in [1.165, 1.54) is 11.1 Å². The van der Waals surface area contributed by atoms with Gasteiger partial charge in [-0.15, -0.1) is 0 Å². The van der Waals surface area contributed by atoms with Crippen LogP contribution >= 0.6 is 0 Å². The summed E-state index contributed by atoms with van der Waals surface area (Å²) in [5, 5.41) is 6.64. The average molecular weight is 295 g/mol. The van der Waals surface area contributed by atoms with E-state index in [1.807, 2.05) is 12.1 Å². The lowest BCUT2D eigenvalue weighted by Crippen LogP contribution is -2.20. The molecule has 2 aromatic rings. The summed E-state index contributed by atoms with van der Waals surface area (Å²) in [6.07, 6.45) is 4.09. The normalized spacial score (nSPS) is 14.5. The van der Waals surface area contributed by atoms with Crippen molar-refractivity contribution in [3.8, 4) is 0 Å². The molecule has 1 aliphatic rings. The molecule has 0 amide bonds. The molecule has 0 atom stereocenters. The first-order valence-electron chi connectivity index (χ1n) is 7.64. The first-order chi connectivity index (χ1) is 10.8. The lowest BCUT2D eigenvalue weighted by atomic mass is 10.1. The van der Waals surface area contributed by atoms with Gasteiger partial charge in [0.2, 0.25) is 5.95 Å². The van der Waals surface area contributed by atoms with Crippen LogP contribution < -0.4 is 16.4 Å². The van der Waals surface area contributed by atoms with E-state index in [0.29, 0.717) is 5.95 Å². The Hall–Kier alpha value is -2.40. The summed E-state index contributed by atoms with van der Waals surface area (Å²) < 4.78 is 0. The zero-order chi connectivity index (χ0) is 15.2. The molecule has 0 saturated carbocycles. The zero-order valence-electron chi connectivity index (χ0n) is 12.5. The van der Waals surface area contributed by atoms with E-state index in [-0.39, 0.29) is 0 Å². The minimum atomic E-state index is 0.319. The van der Waals surface area contributed by atoms with E-state index in [4.69, 9.17) is 5.73 Å². The molecule has 0 fully saturated rings. The molecule has 1 aromatic carbocycles. The Morgan fingerprint density at radius 3 is 2.82 bits per heavy atom. The third-order valence-corrected chi connectivity index (χ3v) is 3.70. The molecule has 2 heterocycles. The molecular formula is C17H21N5. The van der Waals surface area contributed by atoms with Crippen molar-refractivity contribution >= 4 is 17.3 Å². The highest BCUT2D eigenvalue weighted by atomic mass is 15.1. The number of nitrogens with two attached hydrogens (primary N) is 1. The van der Waals surface area contributed by atoms with E-state index in [0.717, 1.165) is 44.0 Å². The van der Waals surface area contributed by atoms with E-state index in [1.54, 1.807) is 0 Å². The number of benzene rings is 1. The van der Waals surface area contributed by atoms with Gasteiger partial charge in [0.1, 0.15) is 5.82 Å². The maximum absolute atomic E-state index is 5.84. The highest BCUT2D eigenvalue weighted by molar-refractivity contribution is 5.66. The van der Waals surface area contributed by atoms with Gasteiger partial charge in [-0.3, -0.25) is 0 Å². The van der Waals surface area contributed by atoms with Gasteiger partial charge in [-0.2, -0.15) is 4.98 Å². The van der Waals surface area contributed by atoms with Crippen LogP contribution in [0.1, 0.15) is 17.7 Å². The monoisotopic (exact) mass is 295 g/mol. The Bertz CT molecular complexity index is 651. The third-order valence-electron chi connectivity index (χ3n) is 3.70. The smallest absolute Gasteiger partial charge is 0.222 e. The van der Waals surface area contributed by atoms with E-state index in [9.17, 15) is 0 Å². The summed E-state index contributed by atoms with van der Waals surface area (Å²) in [5.41, 5.74) is 9.31. The molecule has 5 nitrogen and oxygen atoms in total. The molecule has 3 rings (SSSR count). The standard InChI is InChI=1S/C17H21N5/c18-17-21-15(14-7-9-19-10-8-14)12-16(22-17)20-11-6-13-4-2-1-3-5-13/h1-5,7,12,19H,6,8-11H2,(H3,18,20,21,22). The number of nitrogens with zero attached hydrogens (tertiary/aromatic N) is 2. The van der Waals surface area contributed by atoms with Gasteiger partial charge in [0.05, 0.1) is 5.69 Å². The van der Waals surface area contributed by atoms with Crippen molar-refractivity contribution in [1.29, 1.82) is 0 Å². The fourth-order valence-electron chi connectivity index (χ4n) is 2.56. The topological polar surface area (TPSA) is 75.9 Å². The van der Waals surface area contributed by atoms with Crippen molar-refractivity contribution < 1.29 is 0 Å². The first kappa shape index (κ1) is 14.5. The molecule has 0 spiro atoms. The number of anilines is 2. The van der Waals surface area contributed by atoms with Crippen LogP contribution in [-0.4, -0.2) is 29.6 Å². The van der Waals surface area contributed by atoms with Gasteiger partial charge in [-0.25, -0.2) is 4.98 Å². The SMILES string of the molecule is Nc1nc(NCCc2ccccc2)cc(C2=CCNCC2)n1. The molecule has 4 N–H and O–H groups in total. The first-order valence-corrected chi connectivity index (χ1v) is 7.64. The van der Waals surface area contributed by atoms with Crippen LogP contribution in [0.15, 0.2) is 42.5 Å². The van der Waals surface area contributed by atoms with Crippen LogP contribution in [0.5, 0.6) is 0 Å². The molecule has 1 aromatic heterocycles. The van der Waals surface area contributed by atoms with E-state index < -0.39 is 0 Å². The minimum absolute atomic E-state index is 0.319. The molecule has 114 valence electrons. The molecule has 0 saturated heterocycles. The third kappa shape index (κ3) is 3.83. The second kappa shape index (κ2) is 7.04. The number of hydrogen-bond donors (Lipinski definition) is 3. The maximum atomic E-state index is 5.84. The Morgan fingerprint density at radius 2 is 2.05 bits per heavy atom. The molecule has 22 heavy (non-hydrogen) atoms. The molecular weight excluding hydrogens is 274 g/mol. The lowest BCUT2D eigenvalue weighted by molar-refractivity contribution is 0.736. The summed E-state index contributed by atoms with van der Waals surface area (Å²) in [6, 6.07) is 12.4. The number of nitrogen functional groups attached to an aromatic ring is 1. The van der Waals surface area contributed by atoms with Crippen LogP contribution in [0, 0.1) is 0 Å². The van der Waals surface area contributed by atoms with Crippen molar-refractivity contribution in [3.05, 3.63) is 53.7 Å². The average Bonchev–Trinajstić information content (AvgIpc) is 2.56. The van der Waals surface area contributed by atoms with E-state index >= 15 is 0 Å². The minimum Gasteiger partial charge on any atom is -0.370 e. The zero-order valence-corrected chi connectivity index (χ0v) is 12.5. The Labute approximate surface area is 130 Å². The van der Waals surface area contributed by atoms with Gasteiger partial charge in [0.25, 0.3) is 0 Å². The van der Waals surface area contributed by atoms with Crippen molar-refractivity contribution in [2.75, 3.05) is 30.7 Å². The predicted octanol–water partition coefficient (Wildman–Crippen LogP) is 2.09. The largest absolute Gasteiger partial charge is 0.370 e. The Morgan fingerprint density at radius 1 is 1.18 bits per heavy atom. The highest BCUT2D eigenvalue weighted by Crippen LogP contribution is 2.20. The maximum Gasteiger partial charge on any atom is 0.222 e. The fourth-order valence-corrected chi connectivity index (χ4v) is 2.56. The highest BCUT2D eigenvalue weighted by Gasteiger charge is 2.10.